The molecule has 14 atom stereocenters. The Hall–Kier alpha value is -6.49. The Morgan fingerprint density at radius 1 is 0.660 bits per heavy atom. The molecule has 3 fully saturated rings. The zero-order chi connectivity index (χ0) is 82.9. The Morgan fingerprint density at radius 2 is 1.15 bits per heavy atom. The number of rotatable bonds is 23. The van der Waals surface area contributed by atoms with Gasteiger partial charge in [0.2, 0.25) is 17.7 Å². The van der Waals surface area contributed by atoms with Gasteiger partial charge < -0.3 is 123 Å². The third-order valence-electron chi connectivity index (χ3n) is 15.4. The summed E-state index contributed by atoms with van der Waals surface area (Å²) in [5.74, 6) is -1.68. The van der Waals surface area contributed by atoms with Crippen molar-refractivity contribution in [3.05, 3.63) is 82.1 Å². The van der Waals surface area contributed by atoms with Crippen LogP contribution < -0.4 is 119 Å². The highest BCUT2D eigenvalue weighted by Gasteiger charge is 2.35. The van der Waals surface area contributed by atoms with Crippen molar-refractivity contribution >= 4 is 35.2 Å². The van der Waals surface area contributed by atoms with Gasteiger partial charge in [-0.05, 0) is 168 Å². The number of nitriles is 1. The van der Waals surface area contributed by atoms with Crippen molar-refractivity contribution in [2.75, 3.05) is 74.2 Å². The number of carbonyl (C=O) groups excluding carboxylic acids is 5. The molecule has 37 heteroatoms. The topological polar surface area (TPSA) is 640 Å². The van der Waals surface area contributed by atoms with Crippen LogP contribution in [0.15, 0.2) is 64.8 Å². The molecule has 38 N–H and O–H groups in total. The molecule has 3 heterocycles. The Labute approximate surface area is 624 Å². The van der Waals surface area contributed by atoms with Gasteiger partial charge in [-0.15, -0.1) is 0 Å². The van der Waals surface area contributed by atoms with Crippen molar-refractivity contribution < 1.29 is 64.8 Å². The van der Waals surface area contributed by atoms with Crippen LogP contribution in [0.2, 0.25) is 0 Å². The summed E-state index contributed by atoms with van der Waals surface area (Å²) >= 11 is 0. The maximum absolute atomic E-state index is 13.0. The summed E-state index contributed by atoms with van der Waals surface area (Å²) in [6.45, 7) is 16.9. The van der Waals surface area contributed by atoms with Crippen LogP contribution in [0.25, 0.3) is 0 Å². The Morgan fingerprint density at radius 3 is 1.39 bits per heavy atom. The van der Waals surface area contributed by atoms with E-state index in [0.29, 0.717) is 74.0 Å². The standard InChI is InChI=1S/C18H18F6N2.C14H19N3O4.C6H14N2.C5H12N2.3C4H10N2O.2C4H12N2.C3H8N2O.C3H10N2/c1-25-15(11-5-3-7-13(9-11)17(19,20)21)16(26-2)12-6-4-8-14(10-12)18(22,23)24;1-19-14(18)13-6-5-12(17-13)10(7-15)11-4-3-9(16-11)8-21-20-2;7-5-3-1-2-4-6(5)8;6-4-5-2-1-3-7-5;1-3(6)4(7)2-5;1-3(5)2-4(6)7;1-2-3(5)4(6)7;1-4(6)2-3-5;1-2-4(6)3-5;1-2(4)3(5)6;1-3(5)2-4/h3-10,15-16,25-26H,1-2H3;9,13,16H,3-6,8H2,1-2H3;5-6H,1-4,7-8H2;5,7H,1-4,6H2;3H,2,5-6H2,1H3;2*3H,2,5H2,1H3,(H2,6,7);2*4H,2-3,5-6H2,1H3;2H,4H2,1H3,(H2,5,6);3H,2,4-5H2,1H3/t;;5-,6+;;;;;;;2-;3-/m.........00/s1. The SMILES string of the molecule is CC(N)C(=O)CN.CC(N)CC(N)=O.CC(N)CCN.CCC(N)C(N)=O.CCC(N)CN.CNC(c1cccc(C(F)(F)F)c1)C(NC)c1cccc(C(F)(F)F)c1.COOCC1CCC(=C(C#N)C2=NC(C(=O)OC)CC2)N1.C[C@H](N)C(N)=O.C[C@H](N)CN.NCC1CCCN1.N[C@@H]1CCCC[C@@H]1N. The summed E-state index contributed by atoms with van der Waals surface area (Å²) in [7, 11) is 5.90. The van der Waals surface area contributed by atoms with E-state index < -0.39 is 71.5 Å². The highest BCUT2D eigenvalue weighted by Crippen LogP contribution is 2.36. The maximum Gasteiger partial charge on any atom is 0.416 e. The van der Waals surface area contributed by atoms with Crippen LogP contribution in [0.4, 0.5) is 26.3 Å². The Kier molecular flexibility index (Phi) is 64.7. The molecule has 2 saturated heterocycles. The summed E-state index contributed by atoms with van der Waals surface area (Å²) in [6.07, 6.45) is 4.04. The van der Waals surface area contributed by atoms with Crippen LogP contribution >= 0.6 is 0 Å². The number of ketones is 1. The summed E-state index contributed by atoms with van der Waals surface area (Å²) in [5.41, 5.74) is 88.6. The number of nitrogens with one attached hydrogen (secondary N) is 4. The molecule has 1 aliphatic carbocycles. The van der Waals surface area contributed by atoms with Gasteiger partial charge in [-0.2, -0.15) is 31.6 Å². The van der Waals surface area contributed by atoms with Crippen molar-refractivity contribution in [1.82, 2.24) is 21.3 Å². The molecular formula is C69H135F6N23O8. The highest BCUT2D eigenvalue weighted by atomic mass is 19.4. The predicted molar refractivity (Wildman–Crippen MR) is 408 cm³/mol. The minimum atomic E-state index is -4.50. The third-order valence-corrected chi connectivity index (χ3v) is 15.4. The molecule has 3 aliphatic heterocycles. The number of benzene rings is 2. The molecule has 0 spiro atoms. The second-order valence-electron chi connectivity index (χ2n) is 25.3. The first-order valence-electron chi connectivity index (χ1n) is 35.3. The fraction of sp³-hybridized carbons (Fsp3) is 0.696. The minimum absolute atomic E-state index is 0.0532. The highest BCUT2D eigenvalue weighted by molar-refractivity contribution is 6.06. The van der Waals surface area contributed by atoms with Gasteiger partial charge in [-0.1, -0.05) is 51.0 Å². The molecule has 3 amide bonds. The number of carbonyl (C=O) groups is 5. The largest absolute Gasteiger partial charge is 0.467 e. The monoisotopic (exact) mass is 1530 g/mol. The van der Waals surface area contributed by atoms with E-state index in [0.717, 1.165) is 75.0 Å². The molecule has 10 unspecified atom stereocenters. The van der Waals surface area contributed by atoms with E-state index in [-0.39, 0.29) is 72.9 Å². The Balaban J connectivity index is -0.000000377. The number of primary amides is 3. The number of nitrogens with zero attached hydrogens (tertiary/aromatic N) is 2. The number of esters is 1. The minimum Gasteiger partial charge on any atom is -0.467 e. The van der Waals surface area contributed by atoms with Crippen molar-refractivity contribution in [2.45, 2.75) is 235 Å². The number of methoxy groups -OCH3 is 1. The van der Waals surface area contributed by atoms with Crippen LogP contribution in [0, 0.1) is 11.3 Å². The molecule has 0 bridgehead atoms. The molecule has 4 aliphatic rings. The second kappa shape index (κ2) is 63.4. The number of aliphatic imine (C=N–C) groups is 1. The van der Waals surface area contributed by atoms with Crippen LogP contribution in [-0.4, -0.2) is 182 Å². The number of halogens is 6. The number of Topliss-reactive ketones (excluding diaryl/α,β-unsaturated/α-hetero) is 1. The number of amides is 3. The zero-order valence-corrected chi connectivity index (χ0v) is 64.3. The van der Waals surface area contributed by atoms with Gasteiger partial charge in [0.1, 0.15) is 18.7 Å². The van der Waals surface area contributed by atoms with Gasteiger partial charge in [0.05, 0.1) is 79.4 Å². The van der Waals surface area contributed by atoms with Gasteiger partial charge >= 0.3 is 18.3 Å². The first-order chi connectivity index (χ1) is 49.5. The number of ether oxygens (including phenoxy) is 1. The van der Waals surface area contributed by atoms with Crippen molar-refractivity contribution in [1.29, 1.82) is 5.26 Å². The molecule has 106 heavy (non-hydrogen) atoms. The van der Waals surface area contributed by atoms with Gasteiger partial charge in [0, 0.05) is 74.0 Å². The maximum atomic E-state index is 13.0. The number of allylic oxidation sites excluding steroid dienone is 2. The number of nitrogens with two attached hydrogens (primary N) is 17. The molecule has 2 aromatic carbocycles. The first kappa shape index (κ1) is 108. The normalized spacial score (nSPS) is 19.8. The quantitative estimate of drug-likeness (QED) is 0.0237. The average molecular weight is 1530 g/mol. The summed E-state index contributed by atoms with van der Waals surface area (Å²) in [4.78, 5) is 65.3. The molecular weight excluding hydrogens is 1390 g/mol. The predicted octanol–water partition coefficient (Wildman–Crippen LogP) is 0.483. The fourth-order valence-corrected chi connectivity index (χ4v) is 8.72. The van der Waals surface area contributed by atoms with Crippen molar-refractivity contribution in [3.8, 4) is 6.07 Å². The van der Waals surface area contributed by atoms with Crippen LogP contribution in [0.3, 0.4) is 0 Å². The van der Waals surface area contributed by atoms with E-state index in [9.17, 15) is 55.6 Å². The molecule has 31 nitrogen and oxygen atoms in total. The molecule has 616 valence electrons. The van der Waals surface area contributed by atoms with E-state index in [1.54, 1.807) is 34.9 Å². The van der Waals surface area contributed by atoms with E-state index >= 15 is 0 Å². The molecule has 6 rings (SSSR count). The van der Waals surface area contributed by atoms with Crippen LogP contribution in [0.5, 0.6) is 0 Å². The van der Waals surface area contributed by atoms with E-state index in [2.05, 4.69) is 43.0 Å². The number of alkyl halides is 6. The lowest BCUT2D eigenvalue weighted by molar-refractivity contribution is -0.275. The van der Waals surface area contributed by atoms with Gasteiger partial charge in [0.15, 0.2) is 5.78 Å². The van der Waals surface area contributed by atoms with E-state index in [4.69, 9.17) is 101 Å². The molecule has 1 saturated carbocycles. The second-order valence-corrected chi connectivity index (χ2v) is 25.3. The average Bonchev–Trinajstić information content (AvgIpc) is 1.23. The van der Waals surface area contributed by atoms with Crippen molar-refractivity contribution in [2.24, 2.45) is 102 Å². The lowest BCUT2D eigenvalue weighted by Gasteiger charge is -2.28. The lowest BCUT2D eigenvalue weighted by atomic mass is 9.91. The smallest absolute Gasteiger partial charge is 0.416 e. The van der Waals surface area contributed by atoms with Gasteiger partial charge in [0.25, 0.3) is 0 Å². The van der Waals surface area contributed by atoms with Gasteiger partial charge in [-0.25, -0.2) is 14.6 Å². The number of hydrogen-bond acceptors (Lipinski definition) is 28. The third kappa shape index (κ3) is 55.0. The lowest BCUT2D eigenvalue weighted by Crippen LogP contribution is -2.43. The fourth-order valence-electron chi connectivity index (χ4n) is 8.72. The van der Waals surface area contributed by atoms with Crippen LogP contribution in [-0.2, 0) is 50.8 Å². The Bertz CT molecular complexity index is 2670. The molecule has 2 aromatic rings. The summed E-state index contributed by atoms with van der Waals surface area (Å²) < 4.78 is 82.5. The molecule has 0 aromatic heterocycles. The summed E-state index contributed by atoms with van der Waals surface area (Å²) in [6, 6.07) is 10.4. The number of hydrogen-bond donors (Lipinski definition) is 21. The zero-order valence-electron chi connectivity index (χ0n) is 64.3. The summed E-state index contributed by atoms with van der Waals surface area (Å²) in [5, 5.41) is 21.7. The van der Waals surface area contributed by atoms with Gasteiger partial charge in [-0.3, -0.25) is 24.2 Å². The number of likely N-dealkylation sites (N-methyl/N-ethyl adjacent to an activating group) is 2. The van der Waals surface area contributed by atoms with E-state index in [1.165, 1.54) is 70.7 Å². The van der Waals surface area contributed by atoms with E-state index in [1.807, 2.05) is 27.7 Å². The van der Waals surface area contributed by atoms with Crippen molar-refractivity contribution in [3.63, 3.8) is 0 Å². The first-order valence-corrected chi connectivity index (χ1v) is 35.3. The van der Waals surface area contributed by atoms with Crippen LogP contribution in [0.1, 0.15) is 173 Å². The molecule has 0 radical (unpaired) electrons.